The second kappa shape index (κ2) is 9.01. The van der Waals surface area contributed by atoms with E-state index in [1.165, 1.54) is 20.8 Å². The molecule has 3 aliphatic rings. The first-order valence-corrected chi connectivity index (χ1v) is 12.8. The van der Waals surface area contributed by atoms with Crippen molar-refractivity contribution < 1.29 is 52.5 Å². The van der Waals surface area contributed by atoms with Crippen molar-refractivity contribution in [2.75, 3.05) is 13.2 Å². The molecule has 15 nitrogen and oxygen atoms in total. The van der Waals surface area contributed by atoms with Gasteiger partial charge in [-0.2, -0.15) is 0 Å². The molecule has 0 aromatic heterocycles. The normalized spacial score (nSPS) is 37.3. The number of guanidine groups is 1. The van der Waals surface area contributed by atoms with Crippen LogP contribution in [0.4, 0.5) is 0 Å². The lowest BCUT2D eigenvalue weighted by Crippen LogP contribution is -2.54. The second-order valence-corrected chi connectivity index (χ2v) is 12.6. The largest absolute Gasteiger partial charge is 0.500 e. The Morgan fingerprint density at radius 3 is 2.53 bits per heavy atom. The lowest BCUT2D eigenvalue weighted by atomic mass is 10.0. The summed E-state index contributed by atoms with van der Waals surface area (Å²) in [5.74, 6) is -0.899. The monoisotopic (exact) mass is 502 g/mol. The molecule has 0 aromatic carbocycles. The van der Waals surface area contributed by atoms with E-state index in [2.05, 4.69) is 19.7 Å². The minimum Gasteiger partial charge on any atom is -0.387 e. The highest BCUT2D eigenvalue weighted by molar-refractivity contribution is 7.55. The molecule has 0 aliphatic carbocycles. The molecular formula is C15H28N4O11P2. The Kier molecular flexibility index (Phi) is 7.22. The van der Waals surface area contributed by atoms with Crippen molar-refractivity contribution in [2.24, 2.45) is 16.6 Å². The zero-order valence-electron chi connectivity index (χ0n) is 17.6. The Hall–Kier alpha value is -0.960. The van der Waals surface area contributed by atoms with Crippen LogP contribution in [0.15, 0.2) is 4.99 Å². The first-order valence-electron chi connectivity index (χ1n) is 9.73. The van der Waals surface area contributed by atoms with Gasteiger partial charge in [-0.3, -0.25) is 24.1 Å². The van der Waals surface area contributed by atoms with Crippen molar-refractivity contribution in [3.63, 3.8) is 0 Å². The van der Waals surface area contributed by atoms with Gasteiger partial charge in [-0.1, -0.05) is 0 Å². The number of nitrogens with two attached hydrogens (primary N) is 1. The average Bonchev–Trinajstić information content (AvgIpc) is 3.20. The smallest absolute Gasteiger partial charge is 0.387 e. The van der Waals surface area contributed by atoms with E-state index < -0.39 is 63.8 Å². The van der Waals surface area contributed by atoms with Gasteiger partial charge in [-0.15, -0.1) is 9.35 Å². The number of amides is 1. The van der Waals surface area contributed by atoms with E-state index in [9.17, 15) is 33.9 Å². The maximum atomic E-state index is 12.1. The highest BCUT2D eigenvalue weighted by atomic mass is 31.2. The minimum atomic E-state index is -4.97. The number of carbonyl (C=O) groups excluding carboxylic acids is 1. The van der Waals surface area contributed by atoms with Crippen molar-refractivity contribution in [3.05, 3.63) is 0 Å². The summed E-state index contributed by atoms with van der Waals surface area (Å²) >= 11 is 0. The van der Waals surface area contributed by atoms with Crippen LogP contribution >= 0.6 is 15.4 Å². The fourth-order valence-electron chi connectivity index (χ4n) is 3.43. The molecule has 3 rings (SSSR count). The Balaban J connectivity index is 1.60. The van der Waals surface area contributed by atoms with E-state index in [0.717, 1.165) is 0 Å². The molecule has 7 N–H and O–H groups in total. The van der Waals surface area contributed by atoms with Crippen molar-refractivity contribution in [1.29, 1.82) is 0 Å². The van der Waals surface area contributed by atoms with Crippen molar-refractivity contribution in [3.8, 4) is 0 Å². The molecule has 3 aliphatic heterocycles. The maximum absolute atomic E-state index is 12.1. The molecule has 8 unspecified atom stereocenters. The van der Waals surface area contributed by atoms with Gasteiger partial charge < -0.3 is 30.5 Å². The van der Waals surface area contributed by atoms with Crippen LogP contribution in [0.1, 0.15) is 27.2 Å². The molecule has 0 aromatic rings. The van der Waals surface area contributed by atoms with Crippen molar-refractivity contribution in [1.82, 2.24) is 10.2 Å². The maximum Gasteiger partial charge on any atom is 0.500 e. The zero-order chi connectivity index (χ0) is 24.1. The molecule has 0 spiro atoms. The summed E-state index contributed by atoms with van der Waals surface area (Å²) in [6.07, 6.45) is -5.60. The quantitative estimate of drug-likeness (QED) is 0.134. The van der Waals surface area contributed by atoms with Gasteiger partial charge in [0.25, 0.3) is 0 Å². The number of phosphoric acid groups is 1. The Bertz CT molecular complexity index is 865. The molecule has 0 radical (unpaired) electrons. The van der Waals surface area contributed by atoms with Crippen LogP contribution in [-0.4, -0.2) is 85.8 Å². The number of nitrogens with zero attached hydrogens (tertiary/aromatic N) is 2. The van der Waals surface area contributed by atoms with Gasteiger partial charge in [0.15, 0.2) is 5.96 Å². The van der Waals surface area contributed by atoms with Gasteiger partial charge in [-0.25, -0.2) is 9.56 Å². The molecule has 1 amide bonds. The molecule has 17 heteroatoms. The predicted molar refractivity (Wildman–Crippen MR) is 107 cm³/mol. The summed E-state index contributed by atoms with van der Waals surface area (Å²) in [6.45, 7) is 3.68. The second-order valence-electron chi connectivity index (χ2n) is 8.70. The molecule has 2 saturated heterocycles. The van der Waals surface area contributed by atoms with Gasteiger partial charge in [0.2, 0.25) is 5.91 Å². The fourth-order valence-corrected chi connectivity index (χ4v) is 4.73. The lowest BCUT2D eigenvalue weighted by molar-refractivity contribution is -0.145. The standard InChI is InChI=1S/C15H28N4O11P2/c1-15(2,3)31(23,24)29-30-32(25,26)27-6-8-9(20)10(21)13(28-8)19-5-4-7-11(19)17-14(16)18-12(7)22/h7-11,13,20-21H,4-6H2,1-3H3,(H,23,24)(H,25,26)(H3,16,17,18,22). The summed E-state index contributed by atoms with van der Waals surface area (Å²) in [6, 6.07) is 0. The lowest BCUT2D eigenvalue weighted by Gasteiger charge is -2.32. The van der Waals surface area contributed by atoms with Gasteiger partial charge in [0.05, 0.1) is 17.7 Å². The number of aliphatic hydroxyl groups is 2. The zero-order valence-corrected chi connectivity index (χ0v) is 19.4. The number of rotatable bonds is 7. The number of hydrogen-bond acceptors (Lipinski definition) is 12. The van der Waals surface area contributed by atoms with Gasteiger partial charge in [0, 0.05) is 6.54 Å². The Morgan fingerprint density at radius 2 is 1.91 bits per heavy atom. The number of fused-ring (bicyclic) bond motifs is 1. The molecule has 32 heavy (non-hydrogen) atoms. The van der Waals surface area contributed by atoms with E-state index in [0.29, 0.717) is 13.0 Å². The van der Waals surface area contributed by atoms with Gasteiger partial charge in [-0.05, 0) is 27.2 Å². The van der Waals surface area contributed by atoms with Crippen LogP contribution in [0, 0.1) is 5.92 Å². The summed E-state index contributed by atoms with van der Waals surface area (Å²) in [4.78, 5) is 37.2. The van der Waals surface area contributed by atoms with E-state index >= 15 is 0 Å². The van der Waals surface area contributed by atoms with Crippen LogP contribution in [0.5, 0.6) is 0 Å². The van der Waals surface area contributed by atoms with Crippen molar-refractivity contribution >= 4 is 27.3 Å². The number of ether oxygens (including phenoxy) is 1. The molecular weight excluding hydrogens is 474 g/mol. The highest BCUT2D eigenvalue weighted by Crippen LogP contribution is 2.59. The molecule has 8 atom stereocenters. The topological polar surface area (TPSA) is 223 Å². The number of likely N-dealkylation sites (tertiary alicyclic amines) is 1. The van der Waals surface area contributed by atoms with Crippen LogP contribution in [0.25, 0.3) is 0 Å². The molecule has 184 valence electrons. The summed E-state index contributed by atoms with van der Waals surface area (Å²) < 4.78 is 42.7. The predicted octanol–water partition coefficient (Wildman–Crippen LogP) is -1.43. The first-order chi connectivity index (χ1) is 14.6. The van der Waals surface area contributed by atoms with E-state index in [4.69, 9.17) is 15.0 Å². The summed E-state index contributed by atoms with van der Waals surface area (Å²) in [5, 5.41) is 21.9. The summed E-state index contributed by atoms with van der Waals surface area (Å²) in [7, 11) is -9.38. The van der Waals surface area contributed by atoms with E-state index in [1.807, 2.05) is 0 Å². The summed E-state index contributed by atoms with van der Waals surface area (Å²) in [5.41, 5.74) is 5.61. The molecule has 0 bridgehead atoms. The fraction of sp³-hybridized carbons (Fsp3) is 0.867. The Labute approximate surface area is 183 Å². The van der Waals surface area contributed by atoms with Crippen LogP contribution in [0.3, 0.4) is 0 Å². The third-order valence-electron chi connectivity index (χ3n) is 5.40. The molecule has 3 heterocycles. The number of aliphatic imine (C=N–C) groups is 1. The Morgan fingerprint density at radius 1 is 1.25 bits per heavy atom. The van der Waals surface area contributed by atoms with Crippen LogP contribution in [-0.2, 0) is 32.5 Å². The van der Waals surface area contributed by atoms with Gasteiger partial charge in [0.1, 0.15) is 30.7 Å². The first kappa shape index (κ1) is 25.7. The van der Waals surface area contributed by atoms with E-state index in [1.54, 1.807) is 4.90 Å². The number of aliphatic hydroxyl groups excluding tert-OH is 2. The molecule has 0 saturated carbocycles. The third-order valence-corrected chi connectivity index (χ3v) is 8.23. The van der Waals surface area contributed by atoms with Crippen LogP contribution in [0.2, 0.25) is 0 Å². The average molecular weight is 502 g/mol. The SMILES string of the molecule is CC(C)(C)P(=O)(O)OOP(=O)(O)OCC1OC(N2CCC3C(=O)NC(N)=NC32)C(O)C1O. The third kappa shape index (κ3) is 5.24. The number of carbonyl (C=O) groups is 1. The number of hydrogen-bond donors (Lipinski definition) is 6. The number of nitrogens with one attached hydrogen (secondary N) is 1. The minimum absolute atomic E-state index is 0.0779. The van der Waals surface area contributed by atoms with Gasteiger partial charge >= 0.3 is 15.4 Å². The van der Waals surface area contributed by atoms with Crippen LogP contribution < -0.4 is 11.1 Å². The highest BCUT2D eigenvalue weighted by Gasteiger charge is 2.52. The molecule has 2 fully saturated rings. The van der Waals surface area contributed by atoms with E-state index in [-0.39, 0.29) is 11.9 Å². The van der Waals surface area contributed by atoms with Crippen molar-refractivity contribution in [2.45, 2.75) is 63.1 Å². The number of phosphoric ester groups is 1.